The van der Waals surface area contributed by atoms with Crippen LogP contribution in [0.5, 0.6) is 0 Å². The van der Waals surface area contributed by atoms with Gasteiger partial charge in [-0.1, -0.05) is 6.92 Å². The fourth-order valence-electron chi connectivity index (χ4n) is 2.53. The molecule has 2 rings (SSSR count). The zero-order valence-corrected chi connectivity index (χ0v) is 11.1. The normalized spacial score (nSPS) is 22.4. The lowest BCUT2D eigenvalue weighted by molar-refractivity contribution is -0.384. The largest absolute Gasteiger partial charge is 0.445 e. The van der Waals surface area contributed by atoms with Crippen LogP contribution in [0.2, 0.25) is 0 Å². The molecule has 1 fully saturated rings. The van der Waals surface area contributed by atoms with Gasteiger partial charge in [0.15, 0.2) is 0 Å². The first-order valence-corrected chi connectivity index (χ1v) is 6.26. The molecule has 1 aromatic heterocycles. The number of nitrogens with two attached hydrogens (primary N) is 1. The number of pyridine rings is 1. The molecule has 0 radical (unpaired) electrons. The molecular formula is C12H16N4O4. The van der Waals surface area contributed by atoms with Crippen LogP contribution in [-0.4, -0.2) is 35.2 Å². The van der Waals surface area contributed by atoms with Crippen LogP contribution in [0.4, 0.5) is 16.2 Å². The highest BCUT2D eigenvalue weighted by atomic mass is 16.6. The second kappa shape index (κ2) is 5.72. The first-order valence-electron chi connectivity index (χ1n) is 6.26. The van der Waals surface area contributed by atoms with E-state index in [0.717, 1.165) is 0 Å². The second-order valence-corrected chi connectivity index (χ2v) is 4.93. The first kappa shape index (κ1) is 14.0. The van der Waals surface area contributed by atoms with Crippen LogP contribution < -0.4 is 10.6 Å². The highest BCUT2D eigenvalue weighted by molar-refractivity contribution is 5.65. The maximum atomic E-state index is 11.0. The number of nitrogens with zero attached hydrogens (tertiary/aromatic N) is 3. The molecule has 8 heteroatoms. The van der Waals surface area contributed by atoms with Crippen molar-refractivity contribution >= 4 is 17.5 Å². The molecule has 0 aromatic carbocycles. The van der Waals surface area contributed by atoms with Gasteiger partial charge in [-0.25, -0.2) is 4.79 Å². The number of carbonyl (C=O) groups excluding carboxylic acids is 1. The van der Waals surface area contributed by atoms with E-state index in [0.29, 0.717) is 25.2 Å². The zero-order chi connectivity index (χ0) is 14.7. The van der Waals surface area contributed by atoms with Gasteiger partial charge >= 0.3 is 11.8 Å². The third-order valence-corrected chi connectivity index (χ3v) is 3.22. The van der Waals surface area contributed by atoms with E-state index in [2.05, 4.69) is 4.98 Å². The first-order chi connectivity index (χ1) is 9.47. The van der Waals surface area contributed by atoms with Crippen LogP contribution in [-0.2, 0) is 4.74 Å². The molecule has 0 aliphatic carbocycles. The summed E-state index contributed by atoms with van der Waals surface area (Å²) in [5, 5.41) is 11.0. The number of amides is 1. The Labute approximate surface area is 115 Å². The molecule has 20 heavy (non-hydrogen) atoms. The van der Waals surface area contributed by atoms with E-state index < -0.39 is 11.0 Å². The lowest BCUT2D eigenvalue weighted by Gasteiger charge is -2.36. The van der Waals surface area contributed by atoms with Crippen molar-refractivity contribution < 1.29 is 14.5 Å². The van der Waals surface area contributed by atoms with Crippen molar-refractivity contribution in [1.82, 2.24) is 4.98 Å². The Balaban J connectivity index is 2.23. The van der Waals surface area contributed by atoms with Crippen LogP contribution >= 0.6 is 0 Å². The van der Waals surface area contributed by atoms with E-state index >= 15 is 0 Å². The summed E-state index contributed by atoms with van der Waals surface area (Å²) in [5.74, 6) is 0.237. The molecule has 8 nitrogen and oxygen atoms in total. The third kappa shape index (κ3) is 3.14. The topological polar surface area (TPSA) is 112 Å². The minimum absolute atomic E-state index is 0.0561. The van der Waals surface area contributed by atoms with Gasteiger partial charge in [-0.3, -0.25) is 15.1 Å². The second-order valence-electron chi connectivity index (χ2n) is 4.93. The summed E-state index contributed by atoms with van der Waals surface area (Å²) in [4.78, 5) is 27.0. The molecule has 1 saturated heterocycles. The van der Waals surface area contributed by atoms with E-state index in [1.165, 1.54) is 12.4 Å². The lowest BCUT2D eigenvalue weighted by Crippen LogP contribution is -2.45. The predicted molar refractivity (Wildman–Crippen MR) is 71.3 cm³/mol. The third-order valence-electron chi connectivity index (χ3n) is 3.22. The summed E-state index contributed by atoms with van der Waals surface area (Å²) in [6.07, 6.45) is 2.24. The highest BCUT2D eigenvalue weighted by Gasteiger charge is 2.30. The van der Waals surface area contributed by atoms with Crippen LogP contribution in [0.15, 0.2) is 18.5 Å². The molecule has 2 atom stereocenters. The van der Waals surface area contributed by atoms with Gasteiger partial charge in [-0.15, -0.1) is 0 Å². The quantitative estimate of drug-likeness (QED) is 0.659. The van der Waals surface area contributed by atoms with Crippen molar-refractivity contribution in [1.29, 1.82) is 0 Å². The van der Waals surface area contributed by atoms with Crippen LogP contribution in [0, 0.1) is 16.0 Å². The van der Waals surface area contributed by atoms with Gasteiger partial charge in [-0.05, 0) is 18.4 Å². The standard InChI is InChI=1S/C12H16N4O4/c1-8-4-9(20-12(13)17)7-15(6-8)10-2-3-14-5-11(10)16(18)19/h2-3,5,8-9H,4,6-7H2,1H3,(H2,13,17). The summed E-state index contributed by atoms with van der Waals surface area (Å²) in [6.45, 7) is 3.04. The maximum Gasteiger partial charge on any atom is 0.404 e. The number of ether oxygens (including phenoxy) is 1. The molecule has 0 spiro atoms. The molecule has 1 aliphatic heterocycles. The average molecular weight is 280 g/mol. The number of nitro groups is 1. The SMILES string of the molecule is CC1CC(OC(N)=O)CN(c2ccncc2[N+](=O)[O-])C1. The number of hydrogen-bond acceptors (Lipinski definition) is 6. The van der Waals surface area contributed by atoms with Crippen molar-refractivity contribution in [3.8, 4) is 0 Å². The molecule has 2 N–H and O–H groups in total. The summed E-state index contributed by atoms with van der Waals surface area (Å²) >= 11 is 0. The number of anilines is 1. The van der Waals surface area contributed by atoms with Crippen LogP contribution in [0.1, 0.15) is 13.3 Å². The molecule has 2 unspecified atom stereocenters. The Bertz CT molecular complexity index is 522. The summed E-state index contributed by atoms with van der Waals surface area (Å²) < 4.78 is 5.03. The fourth-order valence-corrected chi connectivity index (χ4v) is 2.53. The van der Waals surface area contributed by atoms with Crippen molar-refractivity contribution in [2.24, 2.45) is 11.7 Å². The van der Waals surface area contributed by atoms with E-state index in [4.69, 9.17) is 10.5 Å². The smallest absolute Gasteiger partial charge is 0.404 e. The van der Waals surface area contributed by atoms with Gasteiger partial charge < -0.3 is 15.4 Å². The molecule has 2 heterocycles. The number of aromatic nitrogens is 1. The Morgan fingerprint density at radius 3 is 3.00 bits per heavy atom. The monoisotopic (exact) mass is 280 g/mol. The zero-order valence-electron chi connectivity index (χ0n) is 11.1. The van der Waals surface area contributed by atoms with Gasteiger partial charge in [0.05, 0.1) is 11.5 Å². The minimum Gasteiger partial charge on any atom is -0.445 e. The number of carbonyl (C=O) groups is 1. The van der Waals surface area contributed by atoms with E-state index in [-0.39, 0.29) is 17.7 Å². The van der Waals surface area contributed by atoms with Crippen molar-refractivity contribution in [3.63, 3.8) is 0 Å². The Morgan fingerprint density at radius 2 is 2.35 bits per heavy atom. The van der Waals surface area contributed by atoms with Gasteiger partial charge in [0.1, 0.15) is 18.0 Å². The predicted octanol–water partition coefficient (Wildman–Crippen LogP) is 1.30. The molecular weight excluding hydrogens is 264 g/mol. The molecule has 0 bridgehead atoms. The van der Waals surface area contributed by atoms with Crippen LogP contribution in [0.3, 0.4) is 0 Å². The lowest BCUT2D eigenvalue weighted by atomic mass is 9.97. The molecule has 0 saturated carbocycles. The van der Waals surface area contributed by atoms with Gasteiger partial charge in [0.25, 0.3) is 0 Å². The summed E-state index contributed by atoms with van der Waals surface area (Å²) in [7, 11) is 0. The van der Waals surface area contributed by atoms with Crippen molar-refractivity contribution in [3.05, 3.63) is 28.6 Å². The molecule has 1 amide bonds. The number of primary amides is 1. The Kier molecular flexibility index (Phi) is 4.02. The van der Waals surface area contributed by atoms with Crippen molar-refractivity contribution in [2.45, 2.75) is 19.4 Å². The fraction of sp³-hybridized carbons (Fsp3) is 0.500. The van der Waals surface area contributed by atoms with E-state index in [1.807, 2.05) is 11.8 Å². The van der Waals surface area contributed by atoms with E-state index in [1.54, 1.807) is 6.07 Å². The highest BCUT2D eigenvalue weighted by Crippen LogP contribution is 2.31. The van der Waals surface area contributed by atoms with Gasteiger partial charge in [0, 0.05) is 12.7 Å². The van der Waals surface area contributed by atoms with Gasteiger partial charge in [-0.2, -0.15) is 0 Å². The minimum atomic E-state index is -0.826. The van der Waals surface area contributed by atoms with Crippen molar-refractivity contribution in [2.75, 3.05) is 18.0 Å². The van der Waals surface area contributed by atoms with Crippen LogP contribution in [0.25, 0.3) is 0 Å². The number of rotatable bonds is 3. The molecule has 1 aromatic rings. The molecule has 1 aliphatic rings. The Hall–Kier alpha value is -2.38. The van der Waals surface area contributed by atoms with Gasteiger partial charge in [0.2, 0.25) is 0 Å². The van der Waals surface area contributed by atoms with E-state index in [9.17, 15) is 14.9 Å². The number of piperidine rings is 1. The summed E-state index contributed by atoms with van der Waals surface area (Å²) in [5.41, 5.74) is 5.46. The average Bonchev–Trinajstić information content (AvgIpc) is 2.37. The summed E-state index contributed by atoms with van der Waals surface area (Å²) in [6, 6.07) is 1.59. The maximum absolute atomic E-state index is 11.0. The number of hydrogen-bond donors (Lipinski definition) is 1. The molecule has 108 valence electrons. The Morgan fingerprint density at radius 1 is 1.60 bits per heavy atom.